The Kier molecular flexibility index (Phi) is 6.70. The number of hydrogen-bond donors (Lipinski definition) is 0. The Labute approximate surface area is 172 Å². The molecule has 0 spiro atoms. The fourth-order valence-electron chi connectivity index (χ4n) is 3.02. The Morgan fingerprint density at radius 3 is 2.68 bits per heavy atom. The average molecular weight is 415 g/mol. The van der Waals surface area contributed by atoms with Crippen LogP contribution in [-0.4, -0.2) is 33.7 Å². The molecule has 0 aliphatic carbocycles. The number of thioether (sulfide) groups is 1. The number of carbonyl (C=O) groups excluding carboxylic acids is 2. The minimum atomic E-state index is -0.284. The van der Waals surface area contributed by atoms with Crippen molar-refractivity contribution in [2.75, 3.05) is 12.4 Å². The van der Waals surface area contributed by atoms with Crippen LogP contribution in [0.4, 0.5) is 0 Å². The molecule has 0 saturated carbocycles. The summed E-state index contributed by atoms with van der Waals surface area (Å²) >= 11 is 2.84. The summed E-state index contributed by atoms with van der Waals surface area (Å²) < 4.78 is 7.81. The lowest BCUT2D eigenvalue weighted by Crippen LogP contribution is -2.07. The van der Waals surface area contributed by atoms with Crippen LogP contribution in [0.2, 0.25) is 0 Å². The first-order valence-corrected chi connectivity index (χ1v) is 10.9. The molecule has 0 amide bonds. The number of esters is 1. The number of ether oxygens (including phenoxy) is 1. The maximum absolute atomic E-state index is 12.8. The second-order valence-corrected chi connectivity index (χ2v) is 8.33. The SMILES string of the molecule is CCOC(=O)Cc1csc(SCC(=O)c2cc(C)n(-c3ccccc3)c2C)n1. The Hall–Kier alpha value is -2.38. The van der Waals surface area contributed by atoms with Crippen LogP contribution in [0.1, 0.15) is 34.4 Å². The van der Waals surface area contributed by atoms with Gasteiger partial charge >= 0.3 is 5.97 Å². The number of ketones is 1. The molecule has 146 valence electrons. The second kappa shape index (κ2) is 9.21. The molecule has 2 aromatic heterocycles. The van der Waals surface area contributed by atoms with Crippen LogP contribution in [0.5, 0.6) is 0 Å². The topological polar surface area (TPSA) is 61.2 Å². The number of aromatic nitrogens is 2. The highest BCUT2D eigenvalue weighted by molar-refractivity contribution is 8.01. The molecule has 28 heavy (non-hydrogen) atoms. The third-order valence-corrected chi connectivity index (χ3v) is 6.30. The molecule has 0 fully saturated rings. The van der Waals surface area contributed by atoms with Crippen molar-refractivity contribution in [2.45, 2.75) is 31.5 Å². The van der Waals surface area contributed by atoms with E-state index in [2.05, 4.69) is 9.55 Å². The summed E-state index contributed by atoms with van der Waals surface area (Å²) in [4.78, 5) is 28.7. The summed E-state index contributed by atoms with van der Waals surface area (Å²) in [7, 11) is 0. The molecular weight excluding hydrogens is 392 g/mol. The molecule has 5 nitrogen and oxygen atoms in total. The molecule has 0 aliphatic heterocycles. The molecule has 0 bridgehead atoms. The number of carbonyl (C=O) groups is 2. The Balaban J connectivity index is 1.66. The van der Waals surface area contributed by atoms with Crippen molar-refractivity contribution in [3.8, 4) is 5.69 Å². The summed E-state index contributed by atoms with van der Waals surface area (Å²) in [5, 5.41) is 1.84. The summed E-state index contributed by atoms with van der Waals surface area (Å²) in [6.07, 6.45) is 0.164. The largest absolute Gasteiger partial charge is 0.466 e. The molecule has 0 radical (unpaired) electrons. The van der Waals surface area contributed by atoms with Crippen LogP contribution >= 0.6 is 23.1 Å². The van der Waals surface area contributed by atoms with Gasteiger partial charge in [-0.1, -0.05) is 30.0 Å². The van der Waals surface area contributed by atoms with Gasteiger partial charge in [-0.05, 0) is 39.0 Å². The number of rotatable bonds is 8. The molecule has 0 N–H and O–H groups in total. The van der Waals surface area contributed by atoms with E-state index < -0.39 is 0 Å². The molecule has 1 aromatic carbocycles. The van der Waals surface area contributed by atoms with Crippen molar-refractivity contribution in [1.29, 1.82) is 0 Å². The number of para-hydroxylation sites is 1. The van der Waals surface area contributed by atoms with Gasteiger partial charge in [0.2, 0.25) is 0 Å². The van der Waals surface area contributed by atoms with E-state index in [0.717, 1.165) is 27.0 Å². The van der Waals surface area contributed by atoms with E-state index in [1.54, 1.807) is 6.92 Å². The third-order valence-electron chi connectivity index (χ3n) is 4.23. The van der Waals surface area contributed by atoms with Crippen molar-refractivity contribution >= 4 is 34.9 Å². The Morgan fingerprint density at radius 2 is 1.96 bits per heavy atom. The van der Waals surface area contributed by atoms with Crippen LogP contribution in [-0.2, 0) is 16.0 Å². The zero-order valence-electron chi connectivity index (χ0n) is 16.1. The monoisotopic (exact) mass is 414 g/mol. The van der Waals surface area contributed by atoms with Crippen molar-refractivity contribution < 1.29 is 14.3 Å². The van der Waals surface area contributed by atoms with E-state index >= 15 is 0 Å². The number of nitrogens with zero attached hydrogens (tertiary/aromatic N) is 2. The van der Waals surface area contributed by atoms with Gasteiger partial charge in [0.05, 0.1) is 24.5 Å². The molecule has 0 atom stereocenters. The van der Waals surface area contributed by atoms with Crippen molar-refractivity contribution in [2.24, 2.45) is 0 Å². The zero-order valence-corrected chi connectivity index (χ0v) is 17.7. The quantitative estimate of drug-likeness (QED) is 0.305. The van der Waals surface area contributed by atoms with E-state index in [0.29, 0.717) is 18.1 Å². The normalized spacial score (nSPS) is 10.8. The van der Waals surface area contributed by atoms with Crippen LogP contribution in [0.25, 0.3) is 5.69 Å². The van der Waals surface area contributed by atoms with E-state index in [1.807, 2.05) is 55.6 Å². The standard InChI is InChI=1S/C21H22N2O3S2/c1-4-26-20(25)11-16-12-27-21(22-16)28-13-19(24)18-10-14(2)23(15(18)3)17-8-6-5-7-9-17/h5-10,12H,4,11,13H2,1-3H3. The average Bonchev–Trinajstić information content (AvgIpc) is 3.24. The molecule has 3 aromatic rings. The number of benzene rings is 1. The lowest BCUT2D eigenvalue weighted by atomic mass is 10.2. The predicted molar refractivity (Wildman–Crippen MR) is 113 cm³/mol. The van der Waals surface area contributed by atoms with Gasteiger partial charge in [0.15, 0.2) is 10.1 Å². The van der Waals surface area contributed by atoms with Gasteiger partial charge in [0.25, 0.3) is 0 Å². The zero-order chi connectivity index (χ0) is 20.1. The summed E-state index contributed by atoms with van der Waals surface area (Å²) in [5.74, 6) is 0.0991. The van der Waals surface area contributed by atoms with Gasteiger partial charge in [-0.25, -0.2) is 4.98 Å². The van der Waals surface area contributed by atoms with Gasteiger partial charge < -0.3 is 9.30 Å². The number of hydrogen-bond acceptors (Lipinski definition) is 6. The maximum Gasteiger partial charge on any atom is 0.311 e. The van der Waals surface area contributed by atoms with Crippen molar-refractivity contribution in [3.63, 3.8) is 0 Å². The highest BCUT2D eigenvalue weighted by Gasteiger charge is 2.17. The van der Waals surface area contributed by atoms with Crippen LogP contribution in [0, 0.1) is 13.8 Å². The third kappa shape index (κ3) is 4.72. The minimum absolute atomic E-state index is 0.0717. The smallest absolute Gasteiger partial charge is 0.311 e. The first-order valence-electron chi connectivity index (χ1n) is 9.00. The molecule has 3 rings (SSSR count). The Bertz CT molecular complexity index is 977. The number of aryl methyl sites for hydroxylation is 1. The Morgan fingerprint density at radius 1 is 1.21 bits per heavy atom. The number of Topliss-reactive ketones (excluding diaryl/α,β-unsaturated/α-hetero) is 1. The molecular formula is C21H22N2O3S2. The first-order chi connectivity index (χ1) is 13.5. The van der Waals surface area contributed by atoms with Crippen LogP contribution in [0.15, 0.2) is 46.1 Å². The maximum atomic E-state index is 12.8. The molecule has 0 saturated heterocycles. The van der Waals surface area contributed by atoms with Gasteiger partial charge in [-0.3, -0.25) is 9.59 Å². The van der Waals surface area contributed by atoms with Crippen molar-refractivity contribution in [3.05, 3.63) is 64.4 Å². The van der Waals surface area contributed by atoms with Crippen LogP contribution in [0.3, 0.4) is 0 Å². The van der Waals surface area contributed by atoms with E-state index in [-0.39, 0.29) is 18.2 Å². The number of thiazole rings is 1. The van der Waals surface area contributed by atoms with Gasteiger partial charge in [-0.2, -0.15) is 0 Å². The summed E-state index contributed by atoms with van der Waals surface area (Å²) in [6, 6.07) is 12.0. The molecule has 0 unspecified atom stereocenters. The fraction of sp³-hybridized carbons (Fsp3) is 0.286. The second-order valence-electron chi connectivity index (χ2n) is 6.25. The van der Waals surface area contributed by atoms with Gasteiger partial charge in [-0.15, -0.1) is 11.3 Å². The van der Waals surface area contributed by atoms with Gasteiger partial charge in [0, 0.05) is 28.0 Å². The lowest BCUT2D eigenvalue weighted by Gasteiger charge is -2.09. The summed E-state index contributed by atoms with van der Waals surface area (Å²) in [6.45, 7) is 6.12. The minimum Gasteiger partial charge on any atom is -0.466 e. The predicted octanol–water partition coefficient (Wildman–Crippen LogP) is 4.63. The first kappa shape index (κ1) is 20.4. The fourth-order valence-corrected chi connectivity index (χ4v) is 4.75. The van der Waals surface area contributed by atoms with E-state index in [1.165, 1.54) is 23.1 Å². The van der Waals surface area contributed by atoms with E-state index in [4.69, 9.17) is 4.74 Å². The molecule has 2 heterocycles. The highest BCUT2D eigenvalue weighted by Crippen LogP contribution is 2.26. The van der Waals surface area contributed by atoms with Gasteiger partial charge in [0.1, 0.15) is 0 Å². The highest BCUT2D eigenvalue weighted by atomic mass is 32.2. The lowest BCUT2D eigenvalue weighted by molar-refractivity contribution is -0.142. The molecule has 0 aliphatic rings. The van der Waals surface area contributed by atoms with E-state index in [9.17, 15) is 9.59 Å². The van der Waals surface area contributed by atoms with Crippen LogP contribution < -0.4 is 0 Å². The van der Waals surface area contributed by atoms with Crippen molar-refractivity contribution in [1.82, 2.24) is 9.55 Å². The molecule has 7 heteroatoms. The summed E-state index contributed by atoms with van der Waals surface area (Å²) in [5.41, 5.74) is 4.44.